The summed E-state index contributed by atoms with van der Waals surface area (Å²) in [4.78, 5) is 25.9. The molecule has 2 aliphatic rings. The van der Waals surface area contributed by atoms with E-state index in [0.717, 1.165) is 37.2 Å². The van der Waals surface area contributed by atoms with Crippen LogP contribution in [0.2, 0.25) is 0 Å². The lowest BCUT2D eigenvalue weighted by atomic mass is 9.81. The average Bonchev–Trinajstić information content (AvgIpc) is 3.11. The third kappa shape index (κ3) is 3.24. The zero-order chi connectivity index (χ0) is 17.2. The number of carboxylic acids is 1. The number of likely N-dealkylation sites (tertiary alicyclic amines) is 1. The van der Waals surface area contributed by atoms with Crippen LogP contribution in [-0.4, -0.2) is 48.6 Å². The van der Waals surface area contributed by atoms with Crippen molar-refractivity contribution in [3.8, 4) is 5.75 Å². The second-order valence-corrected chi connectivity index (χ2v) is 6.81. The quantitative estimate of drug-likeness (QED) is 0.835. The van der Waals surface area contributed by atoms with E-state index in [4.69, 9.17) is 4.74 Å². The number of methoxy groups -OCH3 is 1. The van der Waals surface area contributed by atoms with Crippen molar-refractivity contribution in [3.05, 3.63) is 24.3 Å². The van der Waals surface area contributed by atoms with Crippen LogP contribution in [0, 0.1) is 11.3 Å². The maximum atomic E-state index is 12.1. The Labute approximate surface area is 141 Å². The molecule has 2 atom stereocenters. The maximum Gasteiger partial charge on any atom is 0.311 e. The molecule has 1 aromatic carbocycles. The highest BCUT2D eigenvalue weighted by Gasteiger charge is 2.54. The van der Waals surface area contributed by atoms with E-state index in [1.54, 1.807) is 31.4 Å². The molecule has 1 aromatic rings. The van der Waals surface area contributed by atoms with Crippen molar-refractivity contribution >= 4 is 17.6 Å². The Bertz CT molecular complexity index is 616. The number of carboxylic acid groups (broad SMARTS) is 1. The van der Waals surface area contributed by atoms with Crippen LogP contribution in [-0.2, 0) is 9.59 Å². The average molecular weight is 332 g/mol. The lowest BCUT2D eigenvalue weighted by molar-refractivity contribution is -0.149. The van der Waals surface area contributed by atoms with Crippen molar-refractivity contribution in [1.82, 2.24) is 4.90 Å². The second-order valence-electron chi connectivity index (χ2n) is 6.81. The molecule has 0 spiro atoms. The van der Waals surface area contributed by atoms with Gasteiger partial charge in [0.1, 0.15) is 5.75 Å². The molecule has 0 unspecified atom stereocenters. The van der Waals surface area contributed by atoms with Gasteiger partial charge < -0.3 is 20.1 Å². The standard InChI is InChI=1S/C18H24N2O4/c1-24-15-6-4-14(5-7-15)19-16(21)8-10-20-11-13-3-2-9-18(13,12-20)17(22)23/h4-7,13H,2-3,8-12H2,1H3,(H,19,21)(H,22,23)/t13-,18+/m0/s1. The molecular formula is C18H24N2O4. The van der Waals surface area contributed by atoms with Gasteiger partial charge in [0.2, 0.25) is 5.91 Å². The number of carbonyl (C=O) groups excluding carboxylic acids is 1. The molecule has 0 bridgehead atoms. The molecular weight excluding hydrogens is 308 g/mol. The molecule has 2 N–H and O–H groups in total. The smallest absolute Gasteiger partial charge is 0.311 e. The number of hydrogen-bond donors (Lipinski definition) is 2. The Morgan fingerprint density at radius 2 is 2.12 bits per heavy atom. The van der Waals surface area contributed by atoms with Gasteiger partial charge in [0.15, 0.2) is 0 Å². The number of benzene rings is 1. The van der Waals surface area contributed by atoms with E-state index in [2.05, 4.69) is 10.2 Å². The van der Waals surface area contributed by atoms with Gasteiger partial charge in [-0.1, -0.05) is 6.42 Å². The number of anilines is 1. The Morgan fingerprint density at radius 1 is 1.38 bits per heavy atom. The summed E-state index contributed by atoms with van der Waals surface area (Å²) in [7, 11) is 1.60. The second kappa shape index (κ2) is 6.81. The SMILES string of the molecule is COc1ccc(NC(=O)CCN2C[C@@H]3CCC[C@@]3(C(=O)O)C2)cc1. The third-order valence-corrected chi connectivity index (χ3v) is 5.40. The first kappa shape index (κ1) is 16.8. The van der Waals surface area contributed by atoms with E-state index in [-0.39, 0.29) is 11.8 Å². The van der Waals surface area contributed by atoms with E-state index in [1.807, 2.05) is 0 Å². The Balaban J connectivity index is 1.49. The molecule has 0 aromatic heterocycles. The number of carbonyl (C=O) groups is 2. The molecule has 6 heteroatoms. The van der Waals surface area contributed by atoms with Gasteiger partial charge in [-0.2, -0.15) is 0 Å². The summed E-state index contributed by atoms with van der Waals surface area (Å²) in [6.45, 7) is 1.97. The van der Waals surface area contributed by atoms with Crippen LogP contribution in [0.4, 0.5) is 5.69 Å². The largest absolute Gasteiger partial charge is 0.497 e. The zero-order valence-corrected chi connectivity index (χ0v) is 14.0. The monoisotopic (exact) mass is 332 g/mol. The number of ether oxygens (including phenoxy) is 1. The summed E-state index contributed by atoms with van der Waals surface area (Å²) in [5.41, 5.74) is 0.160. The molecule has 1 aliphatic carbocycles. The van der Waals surface area contributed by atoms with Gasteiger partial charge in [-0.25, -0.2) is 0 Å². The lowest BCUT2D eigenvalue weighted by Crippen LogP contribution is -2.36. The molecule has 3 rings (SSSR count). The fraction of sp³-hybridized carbons (Fsp3) is 0.556. The minimum absolute atomic E-state index is 0.0541. The van der Waals surface area contributed by atoms with Gasteiger partial charge in [0.25, 0.3) is 0 Å². The summed E-state index contributed by atoms with van der Waals surface area (Å²) in [5, 5.41) is 12.5. The summed E-state index contributed by atoms with van der Waals surface area (Å²) >= 11 is 0. The van der Waals surface area contributed by atoms with E-state index in [0.29, 0.717) is 19.5 Å². The molecule has 24 heavy (non-hydrogen) atoms. The van der Waals surface area contributed by atoms with Crippen LogP contribution in [0.5, 0.6) is 5.75 Å². The van der Waals surface area contributed by atoms with Crippen LogP contribution in [0.25, 0.3) is 0 Å². The van der Waals surface area contributed by atoms with E-state index in [1.165, 1.54) is 0 Å². The Kier molecular flexibility index (Phi) is 4.76. The lowest BCUT2D eigenvalue weighted by Gasteiger charge is -2.23. The topological polar surface area (TPSA) is 78.9 Å². The molecule has 6 nitrogen and oxygen atoms in total. The fourth-order valence-corrected chi connectivity index (χ4v) is 4.07. The van der Waals surface area contributed by atoms with Crippen LogP contribution >= 0.6 is 0 Å². The van der Waals surface area contributed by atoms with Crippen LogP contribution in [0.1, 0.15) is 25.7 Å². The zero-order valence-electron chi connectivity index (χ0n) is 14.0. The summed E-state index contributed by atoms with van der Waals surface area (Å²) < 4.78 is 5.09. The van der Waals surface area contributed by atoms with Gasteiger partial charge >= 0.3 is 5.97 Å². The predicted molar refractivity (Wildman–Crippen MR) is 90.1 cm³/mol. The Morgan fingerprint density at radius 3 is 2.75 bits per heavy atom. The summed E-state index contributed by atoms with van der Waals surface area (Å²) in [6.07, 6.45) is 3.12. The highest BCUT2D eigenvalue weighted by molar-refractivity contribution is 5.90. The molecule has 1 heterocycles. The van der Waals surface area contributed by atoms with E-state index in [9.17, 15) is 14.7 Å². The fourth-order valence-electron chi connectivity index (χ4n) is 4.07. The van der Waals surface area contributed by atoms with Crippen molar-refractivity contribution in [2.24, 2.45) is 11.3 Å². The summed E-state index contributed by atoms with van der Waals surface area (Å²) in [5.74, 6) is 0.256. The number of fused-ring (bicyclic) bond motifs is 1. The highest BCUT2D eigenvalue weighted by Crippen LogP contribution is 2.48. The molecule has 2 fully saturated rings. The number of nitrogens with one attached hydrogen (secondary N) is 1. The minimum atomic E-state index is -0.671. The van der Waals surface area contributed by atoms with Gasteiger partial charge in [0.05, 0.1) is 12.5 Å². The van der Waals surface area contributed by atoms with E-state index >= 15 is 0 Å². The highest BCUT2D eigenvalue weighted by atomic mass is 16.5. The van der Waals surface area contributed by atoms with Crippen molar-refractivity contribution in [2.75, 3.05) is 32.1 Å². The summed E-state index contributed by atoms with van der Waals surface area (Å²) in [6, 6.07) is 7.20. The van der Waals surface area contributed by atoms with Crippen molar-refractivity contribution in [1.29, 1.82) is 0 Å². The minimum Gasteiger partial charge on any atom is -0.497 e. The number of rotatable bonds is 6. The number of amides is 1. The van der Waals surface area contributed by atoms with Gasteiger partial charge in [-0.3, -0.25) is 9.59 Å². The number of nitrogens with zero attached hydrogens (tertiary/aromatic N) is 1. The number of aliphatic carboxylic acids is 1. The van der Waals surface area contributed by atoms with Gasteiger partial charge in [0, 0.05) is 31.7 Å². The normalized spacial score (nSPS) is 26.1. The van der Waals surface area contributed by atoms with Crippen LogP contribution < -0.4 is 10.1 Å². The molecule has 1 amide bonds. The molecule has 130 valence electrons. The molecule has 0 radical (unpaired) electrons. The third-order valence-electron chi connectivity index (χ3n) is 5.40. The molecule has 1 saturated carbocycles. The van der Waals surface area contributed by atoms with Crippen molar-refractivity contribution in [2.45, 2.75) is 25.7 Å². The molecule has 1 saturated heterocycles. The first-order valence-electron chi connectivity index (χ1n) is 8.43. The molecule has 1 aliphatic heterocycles. The van der Waals surface area contributed by atoms with Crippen molar-refractivity contribution < 1.29 is 19.4 Å². The predicted octanol–water partition coefficient (Wildman–Crippen LogP) is 2.21. The van der Waals surface area contributed by atoms with Crippen LogP contribution in [0.3, 0.4) is 0 Å². The van der Waals surface area contributed by atoms with Gasteiger partial charge in [-0.05, 0) is 43.0 Å². The number of hydrogen-bond acceptors (Lipinski definition) is 4. The first-order valence-corrected chi connectivity index (χ1v) is 8.43. The van der Waals surface area contributed by atoms with Crippen molar-refractivity contribution in [3.63, 3.8) is 0 Å². The van der Waals surface area contributed by atoms with Gasteiger partial charge in [-0.15, -0.1) is 0 Å². The Hall–Kier alpha value is -2.08. The van der Waals surface area contributed by atoms with Crippen LogP contribution in [0.15, 0.2) is 24.3 Å². The maximum absolute atomic E-state index is 12.1. The first-order chi connectivity index (χ1) is 11.5. The van der Waals surface area contributed by atoms with E-state index < -0.39 is 11.4 Å².